The van der Waals surface area contributed by atoms with Crippen LogP contribution in [0.25, 0.3) is 0 Å². The van der Waals surface area contributed by atoms with Crippen LogP contribution in [-0.2, 0) is 6.42 Å². The SMILES string of the molecule is Nc1ccc(CCNC(CO)c2ccccc2)cc1. The summed E-state index contributed by atoms with van der Waals surface area (Å²) in [6, 6.07) is 17.9. The number of anilines is 1. The molecule has 0 heterocycles. The van der Waals surface area contributed by atoms with Gasteiger partial charge in [0.15, 0.2) is 0 Å². The van der Waals surface area contributed by atoms with Gasteiger partial charge in [-0.05, 0) is 36.2 Å². The monoisotopic (exact) mass is 256 g/mol. The van der Waals surface area contributed by atoms with Gasteiger partial charge in [-0.2, -0.15) is 0 Å². The maximum absolute atomic E-state index is 9.43. The van der Waals surface area contributed by atoms with Gasteiger partial charge in [-0.1, -0.05) is 42.5 Å². The van der Waals surface area contributed by atoms with Crippen LogP contribution in [0.3, 0.4) is 0 Å². The van der Waals surface area contributed by atoms with Gasteiger partial charge in [0.2, 0.25) is 0 Å². The Kier molecular flexibility index (Phi) is 4.95. The average Bonchev–Trinajstić information content (AvgIpc) is 2.46. The largest absolute Gasteiger partial charge is 0.399 e. The fourth-order valence-electron chi connectivity index (χ4n) is 2.05. The van der Waals surface area contributed by atoms with Gasteiger partial charge in [0.1, 0.15) is 0 Å². The van der Waals surface area contributed by atoms with Crippen LogP contribution >= 0.6 is 0 Å². The molecule has 0 aromatic heterocycles. The highest BCUT2D eigenvalue weighted by Gasteiger charge is 2.08. The Morgan fingerprint density at radius 1 is 1.00 bits per heavy atom. The van der Waals surface area contributed by atoms with E-state index in [2.05, 4.69) is 5.32 Å². The quantitative estimate of drug-likeness (QED) is 0.694. The number of nitrogens with two attached hydrogens (primary N) is 1. The lowest BCUT2D eigenvalue weighted by Gasteiger charge is -2.16. The van der Waals surface area contributed by atoms with E-state index in [1.54, 1.807) is 0 Å². The highest BCUT2D eigenvalue weighted by Crippen LogP contribution is 2.12. The van der Waals surface area contributed by atoms with Crippen molar-refractivity contribution in [2.45, 2.75) is 12.5 Å². The Morgan fingerprint density at radius 2 is 1.68 bits per heavy atom. The molecule has 0 saturated carbocycles. The van der Waals surface area contributed by atoms with Crippen LogP contribution < -0.4 is 11.1 Å². The molecule has 2 rings (SSSR count). The number of nitrogens with one attached hydrogen (secondary N) is 1. The fourth-order valence-corrected chi connectivity index (χ4v) is 2.05. The van der Waals surface area contributed by atoms with E-state index < -0.39 is 0 Å². The first-order chi connectivity index (χ1) is 9.29. The zero-order valence-corrected chi connectivity index (χ0v) is 10.9. The number of hydrogen-bond donors (Lipinski definition) is 3. The lowest BCUT2D eigenvalue weighted by Crippen LogP contribution is -2.26. The lowest BCUT2D eigenvalue weighted by atomic mass is 10.1. The van der Waals surface area contributed by atoms with Crippen molar-refractivity contribution in [2.75, 3.05) is 18.9 Å². The summed E-state index contributed by atoms with van der Waals surface area (Å²) in [7, 11) is 0. The standard InChI is InChI=1S/C16H20N2O/c17-15-8-6-13(7-9-15)10-11-18-16(12-19)14-4-2-1-3-5-14/h1-9,16,18-19H,10-12,17H2. The fraction of sp³-hybridized carbons (Fsp3) is 0.250. The maximum Gasteiger partial charge on any atom is 0.0626 e. The summed E-state index contributed by atoms with van der Waals surface area (Å²) in [5.74, 6) is 0. The van der Waals surface area contributed by atoms with Gasteiger partial charge in [-0.25, -0.2) is 0 Å². The first-order valence-electron chi connectivity index (χ1n) is 6.53. The molecule has 1 unspecified atom stereocenters. The molecule has 0 aliphatic carbocycles. The molecule has 0 aliphatic heterocycles. The number of rotatable bonds is 6. The van der Waals surface area contributed by atoms with Crippen molar-refractivity contribution in [3.05, 3.63) is 65.7 Å². The van der Waals surface area contributed by atoms with Gasteiger partial charge in [0.25, 0.3) is 0 Å². The average molecular weight is 256 g/mol. The van der Waals surface area contributed by atoms with Crippen molar-refractivity contribution in [1.82, 2.24) is 5.32 Å². The van der Waals surface area contributed by atoms with Gasteiger partial charge in [0, 0.05) is 5.69 Å². The molecule has 1 atom stereocenters. The number of hydrogen-bond acceptors (Lipinski definition) is 3. The lowest BCUT2D eigenvalue weighted by molar-refractivity contribution is 0.245. The van der Waals surface area contributed by atoms with Crippen molar-refractivity contribution in [1.29, 1.82) is 0 Å². The highest BCUT2D eigenvalue weighted by atomic mass is 16.3. The minimum Gasteiger partial charge on any atom is -0.399 e. The molecule has 4 N–H and O–H groups in total. The van der Waals surface area contributed by atoms with Gasteiger partial charge >= 0.3 is 0 Å². The van der Waals surface area contributed by atoms with Crippen LogP contribution in [0.4, 0.5) is 5.69 Å². The molecule has 0 spiro atoms. The molecule has 0 bridgehead atoms. The molecule has 0 fully saturated rings. The smallest absolute Gasteiger partial charge is 0.0626 e. The number of aliphatic hydroxyl groups is 1. The van der Waals surface area contributed by atoms with Crippen LogP contribution in [0.5, 0.6) is 0 Å². The molecule has 0 radical (unpaired) electrons. The Labute approximate surface area is 114 Å². The molecule has 3 nitrogen and oxygen atoms in total. The second kappa shape index (κ2) is 6.92. The summed E-state index contributed by atoms with van der Waals surface area (Å²) in [6.07, 6.45) is 0.920. The Hall–Kier alpha value is -1.84. The van der Waals surface area contributed by atoms with Crippen LogP contribution in [0.15, 0.2) is 54.6 Å². The van der Waals surface area contributed by atoms with Crippen LogP contribution in [0, 0.1) is 0 Å². The minimum absolute atomic E-state index is 0.00465. The third kappa shape index (κ3) is 4.09. The van der Waals surface area contributed by atoms with Gasteiger partial charge < -0.3 is 16.2 Å². The van der Waals surface area contributed by atoms with E-state index in [0.29, 0.717) is 0 Å². The van der Waals surface area contributed by atoms with Crippen molar-refractivity contribution in [2.24, 2.45) is 0 Å². The maximum atomic E-state index is 9.43. The van der Waals surface area contributed by atoms with Gasteiger partial charge in [-0.15, -0.1) is 0 Å². The molecular formula is C16H20N2O. The third-order valence-electron chi connectivity index (χ3n) is 3.17. The van der Waals surface area contributed by atoms with E-state index in [4.69, 9.17) is 5.73 Å². The summed E-state index contributed by atoms with van der Waals surface area (Å²) < 4.78 is 0. The highest BCUT2D eigenvalue weighted by molar-refractivity contribution is 5.39. The molecule has 19 heavy (non-hydrogen) atoms. The Balaban J connectivity index is 1.85. The summed E-state index contributed by atoms with van der Waals surface area (Å²) in [6.45, 7) is 0.926. The van der Waals surface area contributed by atoms with Gasteiger partial charge in [0.05, 0.1) is 12.6 Å². The molecule has 2 aromatic rings. The Bertz CT molecular complexity index is 482. The summed E-state index contributed by atoms with van der Waals surface area (Å²) >= 11 is 0. The van der Waals surface area contributed by atoms with E-state index in [1.165, 1.54) is 5.56 Å². The molecular weight excluding hydrogens is 236 g/mol. The topological polar surface area (TPSA) is 58.3 Å². The van der Waals surface area contributed by atoms with Crippen molar-refractivity contribution in [3.8, 4) is 0 Å². The second-order valence-corrected chi connectivity index (χ2v) is 4.59. The van der Waals surface area contributed by atoms with E-state index in [1.807, 2.05) is 54.6 Å². The number of benzene rings is 2. The van der Waals surface area contributed by atoms with Crippen LogP contribution in [0.1, 0.15) is 17.2 Å². The molecule has 0 saturated heterocycles. The summed E-state index contributed by atoms with van der Waals surface area (Å²) in [5, 5.41) is 12.8. The Morgan fingerprint density at radius 3 is 2.32 bits per heavy atom. The van der Waals surface area contributed by atoms with Crippen molar-refractivity contribution < 1.29 is 5.11 Å². The van der Waals surface area contributed by atoms with E-state index in [9.17, 15) is 5.11 Å². The zero-order chi connectivity index (χ0) is 13.5. The van der Waals surface area contributed by atoms with Crippen LogP contribution in [0.2, 0.25) is 0 Å². The van der Waals surface area contributed by atoms with Gasteiger partial charge in [-0.3, -0.25) is 0 Å². The molecule has 0 aliphatic rings. The molecule has 3 heteroatoms. The first kappa shape index (κ1) is 13.6. The van der Waals surface area contributed by atoms with Crippen LogP contribution in [-0.4, -0.2) is 18.3 Å². The minimum atomic E-state index is -0.00465. The van der Waals surface area contributed by atoms with E-state index in [-0.39, 0.29) is 12.6 Å². The van der Waals surface area contributed by atoms with Crippen molar-refractivity contribution >= 4 is 5.69 Å². The molecule has 2 aromatic carbocycles. The second-order valence-electron chi connectivity index (χ2n) is 4.59. The summed E-state index contributed by atoms with van der Waals surface area (Å²) in [4.78, 5) is 0. The predicted octanol–water partition coefficient (Wildman–Crippen LogP) is 2.13. The van der Waals surface area contributed by atoms with E-state index >= 15 is 0 Å². The molecule has 100 valence electrons. The third-order valence-corrected chi connectivity index (χ3v) is 3.17. The molecule has 0 amide bonds. The normalized spacial score (nSPS) is 12.3. The number of nitrogen functional groups attached to an aromatic ring is 1. The predicted molar refractivity (Wildman–Crippen MR) is 78.8 cm³/mol. The van der Waals surface area contributed by atoms with Crippen molar-refractivity contribution in [3.63, 3.8) is 0 Å². The van der Waals surface area contributed by atoms with E-state index in [0.717, 1.165) is 24.2 Å². The zero-order valence-electron chi connectivity index (χ0n) is 10.9. The first-order valence-corrected chi connectivity index (χ1v) is 6.53. The summed E-state index contributed by atoms with van der Waals surface area (Å²) in [5.41, 5.74) is 8.79. The number of aliphatic hydroxyl groups excluding tert-OH is 1.